The van der Waals surface area contributed by atoms with Crippen LogP contribution >= 0.6 is 0 Å². The molecule has 1 atom stereocenters. The van der Waals surface area contributed by atoms with Gasteiger partial charge in [-0.25, -0.2) is 14.3 Å². The summed E-state index contributed by atoms with van der Waals surface area (Å²) in [6.07, 6.45) is 1.93. The van der Waals surface area contributed by atoms with Gasteiger partial charge in [0.25, 0.3) is 0 Å². The van der Waals surface area contributed by atoms with Crippen molar-refractivity contribution in [2.45, 2.75) is 18.9 Å². The maximum Gasteiger partial charge on any atom is 0.416 e. The number of nitrogens with zero attached hydrogens (tertiary/aromatic N) is 3. The standard InChI is InChI=1S/C19H19N3O4/c23-14-4-5-16-13(8-14)9-17(22(16)19(25)26)12-3-6-18(20-10-12)21-7-1-2-15(24)11-21/h3-6,8-10,15,23-24H,1-2,7,11H2,(H,25,26)/t15-/m1/s1. The number of piperidine rings is 1. The quantitative estimate of drug-likeness (QED) is 0.655. The van der Waals surface area contributed by atoms with Gasteiger partial charge in [-0.1, -0.05) is 0 Å². The molecular weight excluding hydrogens is 334 g/mol. The van der Waals surface area contributed by atoms with Gasteiger partial charge in [-0.05, 0) is 49.2 Å². The number of benzene rings is 1. The molecule has 0 amide bonds. The fraction of sp³-hybridized carbons (Fsp3) is 0.263. The van der Waals surface area contributed by atoms with Crippen molar-refractivity contribution in [3.8, 4) is 17.0 Å². The minimum absolute atomic E-state index is 0.0868. The van der Waals surface area contributed by atoms with Crippen LogP contribution < -0.4 is 4.90 Å². The topological polar surface area (TPSA) is 98.8 Å². The van der Waals surface area contributed by atoms with Crippen LogP contribution in [0, 0.1) is 0 Å². The zero-order valence-electron chi connectivity index (χ0n) is 14.0. The van der Waals surface area contributed by atoms with E-state index in [4.69, 9.17) is 0 Å². The van der Waals surface area contributed by atoms with E-state index in [9.17, 15) is 20.1 Å². The van der Waals surface area contributed by atoms with Crippen molar-refractivity contribution in [3.63, 3.8) is 0 Å². The lowest BCUT2D eigenvalue weighted by atomic mass is 10.1. The summed E-state index contributed by atoms with van der Waals surface area (Å²) < 4.78 is 1.19. The summed E-state index contributed by atoms with van der Waals surface area (Å²) in [7, 11) is 0. The Bertz CT molecular complexity index is 965. The molecule has 1 fully saturated rings. The lowest BCUT2D eigenvalue weighted by molar-refractivity contribution is 0.154. The van der Waals surface area contributed by atoms with Crippen LogP contribution in [0.4, 0.5) is 10.6 Å². The molecule has 0 radical (unpaired) electrons. The number of aromatic nitrogens is 2. The molecule has 1 saturated heterocycles. The number of β-amino-alcohol motifs (C(OH)–C–C–N with tert-alkyl or cyclic N) is 1. The van der Waals surface area contributed by atoms with Crippen LogP contribution in [0.25, 0.3) is 22.2 Å². The summed E-state index contributed by atoms with van der Waals surface area (Å²) in [5.41, 5.74) is 1.67. The summed E-state index contributed by atoms with van der Waals surface area (Å²) in [4.78, 5) is 18.2. The number of hydrogen-bond acceptors (Lipinski definition) is 5. The van der Waals surface area contributed by atoms with Gasteiger partial charge in [0.05, 0.1) is 17.3 Å². The Morgan fingerprint density at radius 1 is 1.19 bits per heavy atom. The van der Waals surface area contributed by atoms with Crippen LogP contribution in [-0.4, -0.2) is 50.2 Å². The normalized spacial score (nSPS) is 17.6. The number of aliphatic hydroxyl groups is 1. The van der Waals surface area contributed by atoms with Crippen LogP contribution in [-0.2, 0) is 0 Å². The third kappa shape index (κ3) is 2.86. The molecular formula is C19H19N3O4. The summed E-state index contributed by atoms with van der Waals surface area (Å²) in [5.74, 6) is 0.854. The van der Waals surface area contributed by atoms with E-state index in [0.29, 0.717) is 28.7 Å². The number of anilines is 1. The van der Waals surface area contributed by atoms with Crippen LogP contribution in [0.2, 0.25) is 0 Å². The predicted octanol–water partition coefficient (Wildman–Crippen LogP) is 2.90. The van der Waals surface area contributed by atoms with E-state index in [1.165, 1.54) is 16.7 Å². The molecule has 26 heavy (non-hydrogen) atoms. The number of fused-ring (bicyclic) bond motifs is 1. The first-order chi connectivity index (χ1) is 12.5. The number of aliphatic hydroxyl groups excluding tert-OH is 1. The molecule has 0 saturated carbocycles. The molecule has 4 rings (SSSR count). The molecule has 3 aromatic rings. The average molecular weight is 353 g/mol. The van der Waals surface area contributed by atoms with E-state index in [2.05, 4.69) is 4.98 Å². The highest BCUT2D eigenvalue weighted by atomic mass is 16.4. The average Bonchev–Trinajstić information content (AvgIpc) is 3.00. The Labute approximate surface area is 149 Å². The SMILES string of the molecule is O=C(O)n1c(-c2ccc(N3CCC[C@@H](O)C3)nc2)cc2cc(O)ccc21. The van der Waals surface area contributed by atoms with Crippen molar-refractivity contribution in [1.29, 1.82) is 0 Å². The second-order valence-electron chi connectivity index (χ2n) is 6.54. The number of rotatable bonds is 2. The van der Waals surface area contributed by atoms with E-state index in [0.717, 1.165) is 25.2 Å². The van der Waals surface area contributed by atoms with Gasteiger partial charge < -0.3 is 20.2 Å². The third-order valence-corrected chi connectivity index (χ3v) is 4.74. The monoisotopic (exact) mass is 353 g/mol. The summed E-state index contributed by atoms with van der Waals surface area (Å²) in [6, 6.07) is 9.99. The maximum atomic E-state index is 11.7. The van der Waals surface area contributed by atoms with Gasteiger partial charge in [0.2, 0.25) is 0 Å². The Morgan fingerprint density at radius 2 is 2.04 bits per heavy atom. The van der Waals surface area contributed by atoms with Gasteiger partial charge in [-0.15, -0.1) is 0 Å². The van der Waals surface area contributed by atoms with Crippen molar-refractivity contribution < 1.29 is 20.1 Å². The molecule has 0 aliphatic carbocycles. The van der Waals surface area contributed by atoms with Gasteiger partial charge in [-0.2, -0.15) is 0 Å². The minimum atomic E-state index is -1.09. The third-order valence-electron chi connectivity index (χ3n) is 4.74. The van der Waals surface area contributed by atoms with Crippen LogP contribution in [0.5, 0.6) is 5.75 Å². The van der Waals surface area contributed by atoms with Crippen LogP contribution in [0.3, 0.4) is 0 Å². The van der Waals surface area contributed by atoms with Crippen LogP contribution in [0.1, 0.15) is 12.8 Å². The molecule has 0 spiro atoms. The van der Waals surface area contributed by atoms with Crippen molar-refractivity contribution in [1.82, 2.24) is 9.55 Å². The van der Waals surface area contributed by atoms with Crippen molar-refractivity contribution in [2.24, 2.45) is 0 Å². The minimum Gasteiger partial charge on any atom is -0.508 e. The molecule has 0 unspecified atom stereocenters. The molecule has 1 aromatic carbocycles. The molecule has 0 bridgehead atoms. The number of pyridine rings is 1. The first-order valence-corrected chi connectivity index (χ1v) is 8.50. The largest absolute Gasteiger partial charge is 0.508 e. The Kier molecular flexibility index (Phi) is 4.00. The number of phenols is 1. The lowest BCUT2D eigenvalue weighted by Gasteiger charge is -2.31. The fourth-order valence-electron chi connectivity index (χ4n) is 3.51. The Morgan fingerprint density at radius 3 is 2.73 bits per heavy atom. The second kappa shape index (κ2) is 6.34. The smallest absolute Gasteiger partial charge is 0.416 e. The van der Waals surface area contributed by atoms with Gasteiger partial charge in [0, 0.05) is 30.2 Å². The molecule has 7 nitrogen and oxygen atoms in total. The Balaban J connectivity index is 1.73. The molecule has 3 heterocycles. The molecule has 3 N–H and O–H groups in total. The van der Waals surface area contributed by atoms with Crippen molar-refractivity contribution >= 4 is 22.8 Å². The number of phenolic OH excluding ortho intramolecular Hbond substituents is 1. The zero-order chi connectivity index (χ0) is 18.3. The van der Waals surface area contributed by atoms with Crippen molar-refractivity contribution in [2.75, 3.05) is 18.0 Å². The van der Waals surface area contributed by atoms with Gasteiger partial charge in [0.15, 0.2) is 0 Å². The number of carbonyl (C=O) groups is 1. The summed E-state index contributed by atoms with van der Waals surface area (Å²) >= 11 is 0. The first kappa shape index (κ1) is 16.4. The molecule has 1 aliphatic rings. The molecule has 134 valence electrons. The molecule has 2 aromatic heterocycles. The summed E-state index contributed by atoms with van der Waals surface area (Å²) in [6.45, 7) is 1.40. The summed E-state index contributed by atoms with van der Waals surface area (Å²) in [5, 5.41) is 29.7. The van der Waals surface area contributed by atoms with E-state index in [1.54, 1.807) is 18.3 Å². The van der Waals surface area contributed by atoms with Gasteiger partial charge >= 0.3 is 6.09 Å². The van der Waals surface area contributed by atoms with E-state index in [1.807, 2.05) is 17.0 Å². The fourth-order valence-corrected chi connectivity index (χ4v) is 3.51. The number of carboxylic acid groups (broad SMARTS) is 1. The predicted molar refractivity (Wildman–Crippen MR) is 97.7 cm³/mol. The maximum absolute atomic E-state index is 11.7. The lowest BCUT2D eigenvalue weighted by Crippen LogP contribution is -2.38. The van der Waals surface area contributed by atoms with Gasteiger partial charge in [-0.3, -0.25) is 0 Å². The van der Waals surface area contributed by atoms with Crippen molar-refractivity contribution in [3.05, 3.63) is 42.6 Å². The zero-order valence-corrected chi connectivity index (χ0v) is 14.0. The van der Waals surface area contributed by atoms with Gasteiger partial charge in [0.1, 0.15) is 11.6 Å². The Hall–Kier alpha value is -3.06. The molecule has 1 aliphatic heterocycles. The molecule has 7 heteroatoms. The highest BCUT2D eigenvalue weighted by molar-refractivity contribution is 5.96. The van der Waals surface area contributed by atoms with E-state index >= 15 is 0 Å². The highest BCUT2D eigenvalue weighted by Crippen LogP contribution is 2.31. The van der Waals surface area contributed by atoms with E-state index < -0.39 is 6.09 Å². The highest BCUT2D eigenvalue weighted by Gasteiger charge is 2.20. The number of aromatic hydroxyl groups is 1. The number of hydrogen-bond donors (Lipinski definition) is 3. The van der Waals surface area contributed by atoms with E-state index in [-0.39, 0.29) is 11.9 Å². The van der Waals surface area contributed by atoms with Crippen LogP contribution in [0.15, 0.2) is 42.6 Å². The first-order valence-electron chi connectivity index (χ1n) is 8.50. The second-order valence-corrected chi connectivity index (χ2v) is 6.54.